The monoisotopic (exact) mass is 325 g/mol. The van der Waals surface area contributed by atoms with Crippen molar-refractivity contribution >= 4 is 0 Å². The van der Waals surface area contributed by atoms with Crippen LogP contribution in [-0.2, 0) is 19.1 Å². The van der Waals surface area contributed by atoms with Crippen molar-refractivity contribution in [1.29, 1.82) is 0 Å². The van der Waals surface area contributed by atoms with E-state index in [1.54, 1.807) is 6.07 Å². The molecule has 0 fully saturated rings. The molecule has 0 saturated carbocycles. The molecule has 2 aromatic rings. The van der Waals surface area contributed by atoms with Crippen molar-refractivity contribution < 1.29 is 17.6 Å². The number of nitrogens with one attached hydrogen (secondary N) is 1. The van der Waals surface area contributed by atoms with E-state index in [2.05, 4.69) is 5.32 Å². The first-order chi connectivity index (χ1) is 10.8. The van der Waals surface area contributed by atoms with Crippen molar-refractivity contribution in [3.63, 3.8) is 0 Å². The van der Waals surface area contributed by atoms with Crippen LogP contribution in [-0.4, -0.2) is 6.04 Å². The van der Waals surface area contributed by atoms with Crippen molar-refractivity contribution in [2.24, 2.45) is 0 Å². The Kier molecular flexibility index (Phi) is 5.77. The van der Waals surface area contributed by atoms with Crippen molar-refractivity contribution in [1.82, 2.24) is 5.32 Å². The number of rotatable bonds is 6. The first-order valence-corrected chi connectivity index (χ1v) is 7.48. The molecule has 0 aliphatic heterocycles. The second-order valence-corrected chi connectivity index (χ2v) is 5.65. The summed E-state index contributed by atoms with van der Waals surface area (Å²) >= 11 is 0. The Labute approximate surface area is 133 Å². The van der Waals surface area contributed by atoms with E-state index in [0.717, 1.165) is 36.1 Å². The molecule has 0 bridgehead atoms. The smallest absolute Gasteiger partial charge is 0.310 e. The Bertz CT molecular complexity index is 620. The second-order valence-electron chi connectivity index (χ2n) is 5.65. The maximum absolute atomic E-state index is 13.1. The van der Waals surface area contributed by atoms with Crippen LogP contribution < -0.4 is 5.32 Å². The SMILES string of the molecule is CC(CCc1cccc(F)c1)NCc1ccc(C(F)(F)F)cc1. The molecule has 1 nitrogen and oxygen atoms in total. The number of halogens is 4. The molecule has 0 saturated heterocycles. The van der Waals surface area contributed by atoms with Gasteiger partial charge in [0.2, 0.25) is 0 Å². The van der Waals surface area contributed by atoms with E-state index in [4.69, 9.17) is 0 Å². The van der Waals surface area contributed by atoms with Crippen molar-refractivity contribution in [3.8, 4) is 0 Å². The van der Waals surface area contributed by atoms with Gasteiger partial charge in [0, 0.05) is 12.6 Å². The number of alkyl halides is 3. The van der Waals surface area contributed by atoms with Gasteiger partial charge >= 0.3 is 6.18 Å². The molecule has 0 amide bonds. The van der Waals surface area contributed by atoms with Crippen LogP contribution in [0.15, 0.2) is 48.5 Å². The highest BCUT2D eigenvalue weighted by atomic mass is 19.4. The third kappa shape index (κ3) is 5.67. The Hall–Kier alpha value is -1.88. The fourth-order valence-electron chi connectivity index (χ4n) is 2.28. The van der Waals surface area contributed by atoms with E-state index < -0.39 is 11.7 Å². The van der Waals surface area contributed by atoms with Crippen LogP contribution >= 0.6 is 0 Å². The van der Waals surface area contributed by atoms with E-state index >= 15 is 0 Å². The average molecular weight is 325 g/mol. The molecular formula is C18H19F4N. The van der Waals surface area contributed by atoms with Gasteiger partial charge in [0.25, 0.3) is 0 Å². The van der Waals surface area contributed by atoms with Crippen molar-refractivity contribution in [2.45, 2.75) is 38.5 Å². The summed E-state index contributed by atoms with van der Waals surface area (Å²) in [7, 11) is 0. The topological polar surface area (TPSA) is 12.0 Å². The molecule has 0 aliphatic carbocycles. The summed E-state index contributed by atoms with van der Waals surface area (Å²) in [5.74, 6) is -0.243. The molecule has 0 radical (unpaired) electrons. The summed E-state index contributed by atoms with van der Waals surface area (Å²) in [6, 6.07) is 11.8. The van der Waals surface area contributed by atoms with Crippen LogP contribution in [0.5, 0.6) is 0 Å². The van der Waals surface area contributed by atoms with Crippen molar-refractivity contribution in [2.75, 3.05) is 0 Å². The normalized spacial score (nSPS) is 13.1. The maximum Gasteiger partial charge on any atom is 0.416 e. The Morgan fingerprint density at radius 3 is 2.30 bits per heavy atom. The van der Waals surface area contributed by atoms with E-state index in [1.807, 2.05) is 13.0 Å². The molecule has 5 heteroatoms. The maximum atomic E-state index is 13.1. The quantitative estimate of drug-likeness (QED) is 0.741. The third-order valence-corrected chi connectivity index (χ3v) is 3.69. The average Bonchev–Trinajstić information content (AvgIpc) is 2.50. The summed E-state index contributed by atoms with van der Waals surface area (Å²) in [5, 5.41) is 3.27. The largest absolute Gasteiger partial charge is 0.416 e. The molecule has 1 N–H and O–H groups in total. The fraction of sp³-hybridized carbons (Fsp3) is 0.333. The van der Waals surface area contributed by atoms with E-state index in [0.29, 0.717) is 6.54 Å². The summed E-state index contributed by atoms with van der Waals surface area (Å²) < 4.78 is 50.5. The predicted molar refractivity (Wildman–Crippen MR) is 82.5 cm³/mol. The Morgan fingerprint density at radius 2 is 1.70 bits per heavy atom. The van der Waals surface area contributed by atoms with Gasteiger partial charge in [-0.2, -0.15) is 13.2 Å². The first kappa shape index (κ1) is 17.5. The minimum absolute atomic E-state index is 0.181. The van der Waals surface area contributed by atoms with Gasteiger partial charge in [-0.3, -0.25) is 0 Å². The number of hydrogen-bond acceptors (Lipinski definition) is 1. The van der Waals surface area contributed by atoms with Gasteiger partial charge in [0.15, 0.2) is 0 Å². The van der Waals surface area contributed by atoms with Crippen LogP contribution in [0.3, 0.4) is 0 Å². The predicted octanol–water partition coefficient (Wildman–Crippen LogP) is 4.96. The lowest BCUT2D eigenvalue weighted by atomic mass is 10.1. The van der Waals surface area contributed by atoms with Gasteiger partial charge in [-0.15, -0.1) is 0 Å². The van der Waals surface area contributed by atoms with Crippen LogP contribution in [0.1, 0.15) is 30.0 Å². The molecule has 0 aromatic heterocycles. The van der Waals surface area contributed by atoms with Gasteiger partial charge in [-0.1, -0.05) is 24.3 Å². The Morgan fingerprint density at radius 1 is 1.00 bits per heavy atom. The molecular weight excluding hydrogens is 306 g/mol. The van der Waals surface area contributed by atoms with Crippen LogP contribution in [0.25, 0.3) is 0 Å². The van der Waals surface area contributed by atoms with E-state index in [9.17, 15) is 17.6 Å². The number of aryl methyl sites for hydroxylation is 1. The zero-order valence-electron chi connectivity index (χ0n) is 12.8. The lowest BCUT2D eigenvalue weighted by Gasteiger charge is -2.14. The zero-order chi connectivity index (χ0) is 16.9. The van der Waals surface area contributed by atoms with E-state index in [1.165, 1.54) is 24.3 Å². The number of benzene rings is 2. The lowest BCUT2D eigenvalue weighted by molar-refractivity contribution is -0.137. The highest BCUT2D eigenvalue weighted by molar-refractivity contribution is 5.24. The summed E-state index contributed by atoms with van der Waals surface area (Å²) in [5.41, 5.74) is 1.10. The molecule has 23 heavy (non-hydrogen) atoms. The number of hydrogen-bond donors (Lipinski definition) is 1. The second kappa shape index (κ2) is 7.59. The van der Waals surface area contributed by atoms with E-state index in [-0.39, 0.29) is 11.9 Å². The minimum atomic E-state index is -4.30. The summed E-state index contributed by atoms with van der Waals surface area (Å²) in [6.07, 6.45) is -2.73. The highest BCUT2D eigenvalue weighted by Crippen LogP contribution is 2.29. The summed E-state index contributed by atoms with van der Waals surface area (Å²) in [6.45, 7) is 2.51. The first-order valence-electron chi connectivity index (χ1n) is 7.48. The van der Waals surface area contributed by atoms with Crippen LogP contribution in [0.2, 0.25) is 0 Å². The zero-order valence-corrected chi connectivity index (χ0v) is 12.8. The van der Waals surface area contributed by atoms with Crippen LogP contribution in [0.4, 0.5) is 17.6 Å². The van der Waals surface area contributed by atoms with Crippen LogP contribution in [0, 0.1) is 5.82 Å². The minimum Gasteiger partial charge on any atom is -0.310 e. The van der Waals surface area contributed by atoms with Gasteiger partial charge in [0.1, 0.15) is 5.82 Å². The molecule has 0 aliphatic rings. The molecule has 2 aromatic carbocycles. The highest BCUT2D eigenvalue weighted by Gasteiger charge is 2.29. The van der Waals surface area contributed by atoms with Gasteiger partial charge in [-0.05, 0) is 55.2 Å². The lowest BCUT2D eigenvalue weighted by Crippen LogP contribution is -2.26. The molecule has 124 valence electrons. The fourth-order valence-corrected chi connectivity index (χ4v) is 2.28. The summed E-state index contributed by atoms with van der Waals surface area (Å²) in [4.78, 5) is 0. The molecule has 0 heterocycles. The van der Waals surface area contributed by atoms with Gasteiger partial charge in [0.05, 0.1) is 5.56 Å². The Balaban J connectivity index is 1.79. The standard InChI is InChI=1S/C18H19F4N/c1-13(5-6-14-3-2-4-17(19)11-14)23-12-15-7-9-16(10-8-15)18(20,21)22/h2-4,7-11,13,23H,5-6,12H2,1H3. The molecule has 0 spiro atoms. The van der Waals surface area contributed by atoms with Gasteiger partial charge < -0.3 is 5.32 Å². The van der Waals surface area contributed by atoms with Gasteiger partial charge in [-0.25, -0.2) is 4.39 Å². The third-order valence-electron chi connectivity index (χ3n) is 3.69. The molecule has 2 rings (SSSR count). The van der Waals surface area contributed by atoms with Crippen molar-refractivity contribution in [3.05, 3.63) is 71.0 Å². The molecule has 1 atom stereocenters. The molecule has 1 unspecified atom stereocenters.